The van der Waals surface area contributed by atoms with Crippen molar-refractivity contribution in [1.29, 1.82) is 0 Å². The number of benzene rings is 1. The van der Waals surface area contributed by atoms with Crippen molar-refractivity contribution in [3.63, 3.8) is 0 Å². The first-order chi connectivity index (χ1) is 10.2. The molecule has 1 saturated carbocycles. The summed E-state index contributed by atoms with van der Waals surface area (Å²) in [4.78, 5) is 12.3. The maximum Gasteiger partial charge on any atom is 0.251 e. The van der Waals surface area contributed by atoms with E-state index in [1.54, 1.807) is 29.2 Å². The van der Waals surface area contributed by atoms with Crippen molar-refractivity contribution >= 4 is 5.91 Å². The fraction of sp³-hybridized carbons (Fsp3) is 0.400. The quantitative estimate of drug-likeness (QED) is 0.891. The molecule has 6 heteroatoms. The lowest BCUT2D eigenvalue weighted by molar-refractivity contribution is 0.0867. The zero-order valence-corrected chi connectivity index (χ0v) is 11.6. The highest BCUT2D eigenvalue weighted by Gasteiger charge is 2.21. The Morgan fingerprint density at radius 3 is 2.81 bits per heavy atom. The van der Waals surface area contributed by atoms with E-state index in [1.807, 2.05) is 12.1 Å². The first-order valence-corrected chi connectivity index (χ1v) is 7.18. The molecule has 1 fully saturated rings. The Morgan fingerprint density at radius 2 is 2.10 bits per heavy atom. The summed E-state index contributed by atoms with van der Waals surface area (Å²) in [6, 6.07) is 7.43. The fourth-order valence-corrected chi connectivity index (χ4v) is 2.62. The van der Waals surface area contributed by atoms with E-state index in [1.165, 1.54) is 0 Å². The van der Waals surface area contributed by atoms with Crippen LogP contribution in [0.2, 0.25) is 0 Å². The van der Waals surface area contributed by atoms with E-state index >= 15 is 0 Å². The molecule has 0 spiro atoms. The summed E-state index contributed by atoms with van der Waals surface area (Å²) in [5.74, 6) is -0.0849. The van der Waals surface area contributed by atoms with Gasteiger partial charge in [-0.2, -0.15) is 0 Å². The number of amides is 1. The largest absolute Gasteiger partial charge is 0.393 e. The first kappa shape index (κ1) is 13.8. The van der Waals surface area contributed by atoms with E-state index < -0.39 is 0 Å². The highest BCUT2D eigenvalue weighted by Crippen LogP contribution is 2.19. The summed E-state index contributed by atoms with van der Waals surface area (Å²) >= 11 is 0. The van der Waals surface area contributed by atoms with Gasteiger partial charge in [0.1, 0.15) is 0 Å². The highest BCUT2D eigenvalue weighted by molar-refractivity contribution is 5.94. The topological polar surface area (TPSA) is 80.0 Å². The lowest BCUT2D eigenvalue weighted by Crippen LogP contribution is -2.38. The number of aliphatic hydroxyl groups is 1. The third-order valence-corrected chi connectivity index (χ3v) is 3.83. The van der Waals surface area contributed by atoms with Crippen LogP contribution in [0.15, 0.2) is 36.7 Å². The van der Waals surface area contributed by atoms with Gasteiger partial charge in [0, 0.05) is 11.6 Å². The van der Waals surface area contributed by atoms with Gasteiger partial charge in [0.05, 0.1) is 24.2 Å². The number of hydrogen-bond donors (Lipinski definition) is 2. The van der Waals surface area contributed by atoms with Crippen LogP contribution in [0.1, 0.15) is 36.0 Å². The lowest BCUT2D eigenvalue weighted by atomic mass is 9.93. The van der Waals surface area contributed by atoms with Gasteiger partial charge in [-0.05, 0) is 43.9 Å². The number of carbonyl (C=O) groups excluding carboxylic acids is 1. The van der Waals surface area contributed by atoms with Crippen LogP contribution in [0.25, 0.3) is 5.69 Å². The minimum atomic E-state index is -0.214. The van der Waals surface area contributed by atoms with Gasteiger partial charge in [0.2, 0.25) is 0 Å². The van der Waals surface area contributed by atoms with Gasteiger partial charge < -0.3 is 10.4 Å². The van der Waals surface area contributed by atoms with Gasteiger partial charge in [-0.25, -0.2) is 4.68 Å². The number of carbonyl (C=O) groups is 1. The Morgan fingerprint density at radius 1 is 1.29 bits per heavy atom. The normalized spacial score (nSPS) is 22.0. The van der Waals surface area contributed by atoms with Crippen LogP contribution in [-0.4, -0.2) is 38.2 Å². The molecule has 0 radical (unpaired) electrons. The van der Waals surface area contributed by atoms with Crippen molar-refractivity contribution in [3.05, 3.63) is 42.2 Å². The molecule has 1 aliphatic rings. The maximum atomic E-state index is 12.3. The number of aromatic nitrogens is 3. The van der Waals surface area contributed by atoms with Crippen molar-refractivity contribution in [2.45, 2.75) is 37.8 Å². The van der Waals surface area contributed by atoms with Crippen LogP contribution in [0.5, 0.6) is 0 Å². The number of rotatable bonds is 3. The molecule has 1 aromatic heterocycles. The molecule has 2 aromatic rings. The van der Waals surface area contributed by atoms with Crippen LogP contribution < -0.4 is 5.32 Å². The predicted molar refractivity (Wildman–Crippen MR) is 77.1 cm³/mol. The molecule has 0 saturated heterocycles. The summed E-state index contributed by atoms with van der Waals surface area (Å²) in [6.07, 6.45) is 6.28. The smallest absolute Gasteiger partial charge is 0.251 e. The number of nitrogens with one attached hydrogen (secondary N) is 1. The van der Waals surface area contributed by atoms with Crippen LogP contribution in [-0.2, 0) is 0 Å². The molecule has 6 nitrogen and oxygen atoms in total. The molecule has 1 heterocycles. The molecule has 0 aliphatic heterocycles. The average molecular weight is 286 g/mol. The Balaban J connectivity index is 1.69. The second-order valence-electron chi connectivity index (χ2n) is 5.38. The Bertz CT molecular complexity index is 604. The second-order valence-corrected chi connectivity index (χ2v) is 5.38. The van der Waals surface area contributed by atoms with Gasteiger partial charge in [-0.1, -0.05) is 11.3 Å². The molecule has 21 heavy (non-hydrogen) atoms. The third kappa shape index (κ3) is 3.28. The maximum absolute atomic E-state index is 12.3. The highest BCUT2D eigenvalue weighted by atomic mass is 16.3. The van der Waals surface area contributed by atoms with Gasteiger partial charge in [-0.3, -0.25) is 4.79 Å². The van der Waals surface area contributed by atoms with E-state index in [0.717, 1.165) is 31.4 Å². The van der Waals surface area contributed by atoms with E-state index in [-0.39, 0.29) is 18.1 Å². The number of aliphatic hydroxyl groups excluding tert-OH is 1. The average Bonchev–Trinajstić information content (AvgIpc) is 3.04. The van der Waals surface area contributed by atoms with Crippen molar-refractivity contribution in [1.82, 2.24) is 20.3 Å². The van der Waals surface area contributed by atoms with Gasteiger partial charge in [0.25, 0.3) is 5.91 Å². The Hall–Kier alpha value is -2.21. The predicted octanol–water partition coefficient (Wildman–Crippen LogP) is 1.30. The summed E-state index contributed by atoms with van der Waals surface area (Å²) in [6.45, 7) is 0. The molecule has 2 N–H and O–H groups in total. The number of hydrogen-bond acceptors (Lipinski definition) is 4. The Kier molecular flexibility index (Phi) is 3.96. The van der Waals surface area contributed by atoms with Gasteiger partial charge in [-0.15, -0.1) is 5.10 Å². The summed E-state index contributed by atoms with van der Waals surface area (Å²) < 4.78 is 1.62. The van der Waals surface area contributed by atoms with E-state index in [2.05, 4.69) is 15.6 Å². The van der Waals surface area contributed by atoms with Crippen LogP contribution in [0, 0.1) is 0 Å². The molecule has 110 valence electrons. The van der Waals surface area contributed by atoms with E-state index in [0.29, 0.717) is 5.56 Å². The van der Waals surface area contributed by atoms with E-state index in [9.17, 15) is 9.90 Å². The minimum absolute atomic E-state index is 0.0849. The van der Waals surface area contributed by atoms with Crippen LogP contribution >= 0.6 is 0 Å². The summed E-state index contributed by atoms with van der Waals surface area (Å²) in [5, 5.41) is 20.2. The van der Waals surface area contributed by atoms with Gasteiger partial charge in [0.15, 0.2) is 0 Å². The van der Waals surface area contributed by atoms with Crippen molar-refractivity contribution in [2.75, 3.05) is 0 Å². The number of nitrogens with zero attached hydrogens (tertiary/aromatic N) is 3. The summed E-state index contributed by atoms with van der Waals surface area (Å²) in [7, 11) is 0. The zero-order valence-electron chi connectivity index (χ0n) is 11.6. The molecule has 0 bridgehead atoms. The molecule has 0 unspecified atom stereocenters. The minimum Gasteiger partial charge on any atom is -0.393 e. The Labute approximate surface area is 122 Å². The fourth-order valence-electron chi connectivity index (χ4n) is 2.62. The molecule has 3 rings (SSSR count). The molecule has 0 atom stereocenters. The molecular formula is C15H18N4O2. The summed E-state index contributed by atoms with van der Waals surface area (Å²) in [5.41, 5.74) is 1.41. The molecule has 1 aromatic carbocycles. The molecule has 1 amide bonds. The molecule has 1 aliphatic carbocycles. The standard InChI is InChI=1S/C15H18N4O2/c20-14-6-4-12(5-7-14)17-15(21)11-2-1-3-13(10-11)19-9-8-16-18-19/h1-3,8-10,12,14,20H,4-7H2,(H,17,21). The van der Waals surface area contributed by atoms with Crippen molar-refractivity contribution < 1.29 is 9.90 Å². The van der Waals surface area contributed by atoms with Gasteiger partial charge >= 0.3 is 0 Å². The lowest BCUT2D eigenvalue weighted by Gasteiger charge is -2.26. The van der Waals surface area contributed by atoms with Crippen LogP contribution in [0.3, 0.4) is 0 Å². The first-order valence-electron chi connectivity index (χ1n) is 7.18. The third-order valence-electron chi connectivity index (χ3n) is 3.83. The van der Waals surface area contributed by atoms with Crippen molar-refractivity contribution in [2.24, 2.45) is 0 Å². The SMILES string of the molecule is O=C(NC1CCC(O)CC1)c1cccc(-n2ccnn2)c1. The molecular weight excluding hydrogens is 268 g/mol. The van der Waals surface area contributed by atoms with E-state index in [4.69, 9.17) is 0 Å². The second kappa shape index (κ2) is 6.05. The zero-order chi connectivity index (χ0) is 14.7. The van der Waals surface area contributed by atoms with Crippen molar-refractivity contribution in [3.8, 4) is 5.69 Å². The monoisotopic (exact) mass is 286 g/mol. The van der Waals surface area contributed by atoms with Crippen LogP contribution in [0.4, 0.5) is 0 Å².